The summed E-state index contributed by atoms with van der Waals surface area (Å²) in [5.41, 5.74) is 1.68. The molecule has 0 saturated carbocycles. The summed E-state index contributed by atoms with van der Waals surface area (Å²) < 4.78 is 10.7. The van der Waals surface area contributed by atoms with Gasteiger partial charge in [0.2, 0.25) is 0 Å². The smallest absolute Gasteiger partial charge is 0.494 e. The molecule has 0 aromatic heterocycles. The van der Waals surface area contributed by atoms with Crippen molar-refractivity contribution >= 4 is 12.6 Å². The minimum atomic E-state index is -0.893. The van der Waals surface area contributed by atoms with Crippen LogP contribution in [0.3, 0.4) is 0 Å². The summed E-state index contributed by atoms with van der Waals surface area (Å²) in [5, 5.41) is 18.5. The van der Waals surface area contributed by atoms with Crippen molar-refractivity contribution in [3.8, 4) is 5.75 Å². The van der Waals surface area contributed by atoms with Gasteiger partial charge in [-0.15, -0.1) is 0 Å². The molecule has 0 bridgehead atoms. The molecular formula is C11H15BO4. The highest BCUT2D eigenvalue weighted by molar-refractivity contribution is 6.62. The van der Waals surface area contributed by atoms with Crippen LogP contribution in [0.25, 0.3) is 0 Å². The first-order valence-electron chi connectivity index (χ1n) is 5.37. The van der Waals surface area contributed by atoms with Crippen molar-refractivity contribution in [2.24, 2.45) is 5.92 Å². The van der Waals surface area contributed by atoms with Crippen LogP contribution >= 0.6 is 0 Å². The standard InChI is InChI=1S/C11H15BO4/c1-8(5-13)6-15-10-4-2-3-9-7-16-12(14)11(9)10/h2-4,8,13-14H,5-7H2,1H3/t8-/m1/s1. The van der Waals surface area contributed by atoms with Crippen LogP contribution in [0.15, 0.2) is 18.2 Å². The fourth-order valence-corrected chi connectivity index (χ4v) is 1.66. The van der Waals surface area contributed by atoms with Crippen molar-refractivity contribution in [3.63, 3.8) is 0 Å². The second-order valence-corrected chi connectivity index (χ2v) is 4.09. The Bertz CT molecular complexity index is 369. The molecule has 0 spiro atoms. The molecule has 86 valence electrons. The normalized spacial score (nSPS) is 16.1. The van der Waals surface area contributed by atoms with Crippen LogP contribution in [-0.4, -0.2) is 30.5 Å². The predicted octanol–water partition coefficient (Wildman–Crippen LogP) is -0.0885. The quantitative estimate of drug-likeness (QED) is 0.699. The Balaban J connectivity index is 2.13. The van der Waals surface area contributed by atoms with Crippen molar-refractivity contribution in [2.75, 3.05) is 13.2 Å². The zero-order valence-corrected chi connectivity index (χ0v) is 9.22. The van der Waals surface area contributed by atoms with Gasteiger partial charge in [-0.25, -0.2) is 0 Å². The molecule has 1 aromatic carbocycles. The third kappa shape index (κ3) is 2.21. The lowest BCUT2D eigenvalue weighted by Crippen LogP contribution is -2.30. The van der Waals surface area contributed by atoms with Gasteiger partial charge in [0.05, 0.1) is 13.2 Å². The van der Waals surface area contributed by atoms with E-state index >= 15 is 0 Å². The molecule has 1 heterocycles. The molecule has 0 fully saturated rings. The summed E-state index contributed by atoms with van der Waals surface area (Å²) in [6, 6.07) is 5.59. The molecule has 16 heavy (non-hydrogen) atoms. The lowest BCUT2D eigenvalue weighted by Gasteiger charge is -2.13. The predicted molar refractivity (Wildman–Crippen MR) is 60.6 cm³/mol. The highest BCUT2D eigenvalue weighted by Gasteiger charge is 2.30. The van der Waals surface area contributed by atoms with Gasteiger partial charge in [-0.05, 0) is 11.6 Å². The maximum atomic E-state index is 9.63. The molecule has 0 saturated heterocycles. The van der Waals surface area contributed by atoms with E-state index in [2.05, 4.69) is 0 Å². The Labute approximate surface area is 95.0 Å². The van der Waals surface area contributed by atoms with Gasteiger partial charge in [0.15, 0.2) is 0 Å². The van der Waals surface area contributed by atoms with E-state index in [9.17, 15) is 5.02 Å². The van der Waals surface area contributed by atoms with Crippen LogP contribution in [0.1, 0.15) is 12.5 Å². The van der Waals surface area contributed by atoms with Crippen LogP contribution in [0, 0.1) is 5.92 Å². The Morgan fingerprint density at radius 1 is 1.56 bits per heavy atom. The van der Waals surface area contributed by atoms with Crippen molar-refractivity contribution < 1.29 is 19.5 Å². The van der Waals surface area contributed by atoms with Crippen LogP contribution in [0.4, 0.5) is 0 Å². The molecule has 0 aliphatic carbocycles. The molecule has 0 unspecified atom stereocenters. The number of hydrogen-bond acceptors (Lipinski definition) is 4. The number of ether oxygens (including phenoxy) is 1. The third-order valence-corrected chi connectivity index (χ3v) is 2.64. The Morgan fingerprint density at radius 2 is 2.38 bits per heavy atom. The van der Waals surface area contributed by atoms with E-state index < -0.39 is 7.12 Å². The van der Waals surface area contributed by atoms with Gasteiger partial charge < -0.3 is 19.5 Å². The second-order valence-electron chi connectivity index (χ2n) is 4.09. The second kappa shape index (κ2) is 4.87. The minimum absolute atomic E-state index is 0.0790. The highest BCUT2D eigenvalue weighted by atomic mass is 16.5. The van der Waals surface area contributed by atoms with Gasteiger partial charge in [0, 0.05) is 18.0 Å². The van der Waals surface area contributed by atoms with Gasteiger partial charge in [-0.3, -0.25) is 0 Å². The fraction of sp³-hybridized carbons (Fsp3) is 0.455. The summed E-state index contributed by atoms with van der Waals surface area (Å²) in [7, 11) is -0.893. The lowest BCUT2D eigenvalue weighted by molar-refractivity contribution is 0.175. The Hall–Kier alpha value is -1.04. The average Bonchev–Trinajstić information content (AvgIpc) is 2.69. The summed E-state index contributed by atoms with van der Waals surface area (Å²) in [5.74, 6) is 0.720. The number of rotatable bonds is 4. The van der Waals surface area contributed by atoms with E-state index in [4.69, 9.17) is 14.5 Å². The van der Waals surface area contributed by atoms with Crippen molar-refractivity contribution in [1.82, 2.24) is 0 Å². The molecule has 0 amide bonds. The van der Waals surface area contributed by atoms with Crippen LogP contribution in [0.5, 0.6) is 5.75 Å². The first-order valence-corrected chi connectivity index (χ1v) is 5.37. The summed E-state index contributed by atoms with van der Waals surface area (Å²) in [4.78, 5) is 0. The van der Waals surface area contributed by atoms with E-state index in [1.807, 2.05) is 19.1 Å². The first kappa shape index (κ1) is 11.5. The van der Waals surface area contributed by atoms with Crippen molar-refractivity contribution in [1.29, 1.82) is 0 Å². The maximum absolute atomic E-state index is 9.63. The molecule has 4 nitrogen and oxygen atoms in total. The molecule has 2 rings (SSSR count). The van der Waals surface area contributed by atoms with Crippen LogP contribution in [0.2, 0.25) is 0 Å². The van der Waals surface area contributed by atoms with Crippen LogP contribution in [-0.2, 0) is 11.3 Å². The average molecular weight is 222 g/mol. The van der Waals surface area contributed by atoms with Gasteiger partial charge in [-0.2, -0.15) is 0 Å². The number of aliphatic hydroxyl groups excluding tert-OH is 1. The van der Waals surface area contributed by atoms with Gasteiger partial charge in [-0.1, -0.05) is 19.1 Å². The van der Waals surface area contributed by atoms with Gasteiger partial charge in [0.1, 0.15) is 5.75 Å². The molecular weight excluding hydrogens is 207 g/mol. The molecule has 2 N–H and O–H groups in total. The van der Waals surface area contributed by atoms with E-state index in [0.29, 0.717) is 24.4 Å². The maximum Gasteiger partial charge on any atom is 0.495 e. The van der Waals surface area contributed by atoms with E-state index in [-0.39, 0.29) is 12.5 Å². The zero-order valence-electron chi connectivity index (χ0n) is 9.22. The SMILES string of the molecule is C[C@H](CO)COc1cccc2c1B(O)OC2. The number of fused-ring (bicyclic) bond motifs is 1. The minimum Gasteiger partial charge on any atom is -0.494 e. The summed E-state index contributed by atoms with van der Waals surface area (Å²) in [6.45, 7) is 2.84. The Kier molecular flexibility index (Phi) is 3.48. The van der Waals surface area contributed by atoms with E-state index in [1.54, 1.807) is 6.07 Å². The van der Waals surface area contributed by atoms with Gasteiger partial charge in [0.25, 0.3) is 0 Å². The lowest BCUT2D eigenvalue weighted by atomic mass is 9.79. The van der Waals surface area contributed by atoms with Crippen molar-refractivity contribution in [3.05, 3.63) is 23.8 Å². The summed E-state index contributed by atoms with van der Waals surface area (Å²) in [6.07, 6.45) is 0. The zero-order chi connectivity index (χ0) is 11.5. The summed E-state index contributed by atoms with van der Waals surface area (Å²) >= 11 is 0. The van der Waals surface area contributed by atoms with Gasteiger partial charge >= 0.3 is 7.12 Å². The first-order chi connectivity index (χ1) is 7.72. The molecule has 1 aromatic rings. The fourth-order valence-electron chi connectivity index (χ4n) is 1.66. The monoisotopic (exact) mass is 222 g/mol. The molecule has 1 atom stereocenters. The van der Waals surface area contributed by atoms with E-state index in [1.165, 1.54) is 0 Å². The number of hydrogen-bond donors (Lipinski definition) is 2. The largest absolute Gasteiger partial charge is 0.495 e. The molecule has 1 aliphatic heterocycles. The number of aliphatic hydroxyl groups is 1. The highest BCUT2D eigenvalue weighted by Crippen LogP contribution is 2.18. The topological polar surface area (TPSA) is 58.9 Å². The van der Waals surface area contributed by atoms with Crippen molar-refractivity contribution in [2.45, 2.75) is 13.5 Å². The molecule has 1 aliphatic rings. The Morgan fingerprint density at radius 3 is 3.12 bits per heavy atom. The third-order valence-electron chi connectivity index (χ3n) is 2.64. The number of benzene rings is 1. The van der Waals surface area contributed by atoms with E-state index in [0.717, 1.165) is 5.56 Å². The molecule has 0 radical (unpaired) electrons. The molecule has 5 heteroatoms. The van der Waals surface area contributed by atoms with Crippen LogP contribution < -0.4 is 10.2 Å².